The van der Waals surface area contributed by atoms with Gasteiger partial charge in [-0.05, 0) is 12.8 Å². The average molecular weight is 144 g/mol. The fourth-order valence-corrected chi connectivity index (χ4v) is 1.05. The van der Waals surface area contributed by atoms with E-state index in [-0.39, 0.29) is 0 Å². The van der Waals surface area contributed by atoms with Gasteiger partial charge >= 0.3 is 0 Å². The van der Waals surface area contributed by atoms with E-state index in [0.29, 0.717) is 0 Å². The largest absolute Gasteiger partial charge is 0.127 e. The molecule has 0 atom stereocenters. The lowest BCUT2D eigenvalue weighted by atomic mass is 10.1. The summed E-state index contributed by atoms with van der Waals surface area (Å²) in [6.45, 7) is 2.25. The number of rotatable bonds is 6. The van der Waals surface area contributed by atoms with E-state index < -0.39 is 0 Å². The summed E-state index contributed by atoms with van der Waals surface area (Å²) in [6, 6.07) is 0. The zero-order valence-corrected chi connectivity index (χ0v) is 7.32. The van der Waals surface area contributed by atoms with Gasteiger partial charge in [0.25, 0.3) is 0 Å². The predicted octanol–water partition coefficient (Wildman–Crippen LogP) is 3.29. The summed E-state index contributed by atoms with van der Waals surface area (Å²) in [5, 5.41) is 0. The minimum atomic E-state index is 1.22. The Labute approximate surface area is 60.9 Å². The van der Waals surface area contributed by atoms with Crippen LogP contribution in [0.5, 0.6) is 0 Å². The Kier molecular flexibility index (Phi) is 8.32. The summed E-state index contributed by atoms with van der Waals surface area (Å²) in [7, 11) is 3.34. The topological polar surface area (TPSA) is 0 Å². The highest BCUT2D eigenvalue weighted by Gasteiger charge is 1.84. The van der Waals surface area contributed by atoms with E-state index in [1.807, 2.05) is 0 Å². The van der Waals surface area contributed by atoms with E-state index in [2.05, 4.69) is 21.6 Å². The van der Waals surface area contributed by atoms with Crippen LogP contribution in [-0.2, 0) is 0 Å². The van der Waals surface area contributed by atoms with Crippen LogP contribution < -0.4 is 0 Å². The van der Waals surface area contributed by atoms with Gasteiger partial charge in [0.15, 0.2) is 0 Å². The SMILES string of the molecule is CCCCCCCC=P. The summed E-state index contributed by atoms with van der Waals surface area (Å²) in [5.41, 5.74) is 0. The van der Waals surface area contributed by atoms with Gasteiger partial charge in [-0.1, -0.05) is 38.4 Å². The Hall–Kier alpha value is 0.170. The lowest BCUT2D eigenvalue weighted by molar-refractivity contribution is 0.646. The van der Waals surface area contributed by atoms with Crippen molar-refractivity contribution in [3.8, 4) is 0 Å². The van der Waals surface area contributed by atoms with E-state index in [4.69, 9.17) is 0 Å². The van der Waals surface area contributed by atoms with Gasteiger partial charge in [-0.25, -0.2) is 0 Å². The summed E-state index contributed by atoms with van der Waals surface area (Å²) in [6.07, 6.45) is 8.13. The van der Waals surface area contributed by atoms with Gasteiger partial charge in [0, 0.05) is 0 Å². The molecule has 1 heteroatoms. The van der Waals surface area contributed by atoms with Crippen molar-refractivity contribution in [3.63, 3.8) is 0 Å². The van der Waals surface area contributed by atoms with Crippen molar-refractivity contribution in [2.75, 3.05) is 0 Å². The third-order valence-corrected chi connectivity index (χ3v) is 1.74. The zero-order chi connectivity index (χ0) is 6.95. The summed E-state index contributed by atoms with van der Waals surface area (Å²) >= 11 is 0. The monoisotopic (exact) mass is 144 g/mol. The van der Waals surface area contributed by atoms with Crippen molar-refractivity contribution in [3.05, 3.63) is 0 Å². The Balaban J connectivity index is 2.66. The van der Waals surface area contributed by atoms with Gasteiger partial charge in [-0.2, -0.15) is 0 Å². The maximum absolute atomic E-state index is 3.34. The number of unbranched alkanes of at least 4 members (excludes halogenated alkanes) is 5. The molecule has 54 valence electrons. The summed E-state index contributed by atoms with van der Waals surface area (Å²) < 4.78 is 0. The van der Waals surface area contributed by atoms with Crippen LogP contribution in [0, 0.1) is 0 Å². The molecule has 0 aromatic heterocycles. The highest BCUT2D eigenvalue weighted by molar-refractivity contribution is 7.18. The quantitative estimate of drug-likeness (QED) is 0.396. The fraction of sp³-hybridized carbons (Fsp3) is 0.875. The lowest BCUT2D eigenvalue weighted by Crippen LogP contribution is -1.76. The molecule has 0 heterocycles. The third-order valence-electron chi connectivity index (χ3n) is 1.45. The van der Waals surface area contributed by atoms with Gasteiger partial charge in [0.05, 0.1) is 0 Å². The van der Waals surface area contributed by atoms with Gasteiger partial charge in [0.2, 0.25) is 0 Å². The van der Waals surface area contributed by atoms with Crippen molar-refractivity contribution in [2.45, 2.75) is 45.4 Å². The van der Waals surface area contributed by atoms with E-state index >= 15 is 0 Å². The normalized spacial score (nSPS) is 9.44. The Morgan fingerprint density at radius 2 is 1.78 bits per heavy atom. The minimum absolute atomic E-state index is 1.22. The lowest BCUT2D eigenvalue weighted by Gasteiger charge is -1.94. The average Bonchev–Trinajstić information content (AvgIpc) is 1.89. The van der Waals surface area contributed by atoms with Crippen LogP contribution >= 0.6 is 8.86 Å². The van der Waals surface area contributed by atoms with Crippen LogP contribution in [0.4, 0.5) is 0 Å². The second kappa shape index (κ2) is 8.17. The highest BCUT2D eigenvalue weighted by atomic mass is 31.0. The van der Waals surface area contributed by atoms with Crippen molar-refractivity contribution in [1.82, 2.24) is 0 Å². The highest BCUT2D eigenvalue weighted by Crippen LogP contribution is 2.03. The molecule has 0 fully saturated rings. The molecule has 0 aliphatic heterocycles. The molecule has 0 saturated heterocycles. The second-order valence-corrected chi connectivity index (χ2v) is 2.82. The van der Waals surface area contributed by atoms with E-state index in [1.54, 1.807) is 0 Å². The summed E-state index contributed by atoms with van der Waals surface area (Å²) in [4.78, 5) is 0. The van der Waals surface area contributed by atoms with Crippen molar-refractivity contribution in [2.24, 2.45) is 0 Å². The van der Waals surface area contributed by atoms with Crippen LogP contribution in [0.1, 0.15) is 45.4 Å². The van der Waals surface area contributed by atoms with E-state index in [0.717, 1.165) is 0 Å². The number of hydrogen-bond donors (Lipinski definition) is 0. The van der Waals surface area contributed by atoms with Crippen molar-refractivity contribution < 1.29 is 0 Å². The Bertz CT molecular complexity index is 59.6. The van der Waals surface area contributed by atoms with Crippen LogP contribution in [0.15, 0.2) is 0 Å². The first kappa shape index (κ1) is 9.17. The first-order valence-electron chi connectivity index (χ1n) is 3.90. The molecule has 0 bridgehead atoms. The fourth-order valence-electron chi connectivity index (χ4n) is 0.850. The molecule has 0 rings (SSSR count). The minimum Gasteiger partial charge on any atom is -0.127 e. The first-order chi connectivity index (χ1) is 4.41. The molecular formula is C8H17P. The molecule has 0 saturated carbocycles. The molecular weight excluding hydrogens is 127 g/mol. The predicted molar refractivity (Wildman–Crippen MR) is 47.8 cm³/mol. The maximum atomic E-state index is 3.34. The molecule has 0 aromatic rings. The molecule has 0 amide bonds. The van der Waals surface area contributed by atoms with Gasteiger partial charge in [0.1, 0.15) is 0 Å². The molecule has 0 radical (unpaired) electrons. The standard InChI is InChI=1S/C8H17P/c1-2-3-4-5-6-7-8-9/h8-9H,2-7H2,1H3. The Morgan fingerprint density at radius 3 is 2.33 bits per heavy atom. The summed E-state index contributed by atoms with van der Waals surface area (Å²) in [5.74, 6) is 2.06. The van der Waals surface area contributed by atoms with Gasteiger partial charge in [-0.3, -0.25) is 0 Å². The first-order valence-corrected chi connectivity index (χ1v) is 4.48. The molecule has 0 spiro atoms. The molecule has 0 aromatic carbocycles. The van der Waals surface area contributed by atoms with Crippen LogP contribution in [0.3, 0.4) is 0 Å². The van der Waals surface area contributed by atoms with Crippen LogP contribution in [0.2, 0.25) is 0 Å². The van der Waals surface area contributed by atoms with Crippen molar-refractivity contribution in [1.29, 1.82) is 0 Å². The zero-order valence-electron chi connectivity index (χ0n) is 6.32. The molecule has 0 N–H and O–H groups in total. The smallest absolute Gasteiger partial charge is 0.0310 e. The third kappa shape index (κ3) is 8.17. The van der Waals surface area contributed by atoms with Crippen molar-refractivity contribution >= 4 is 14.7 Å². The van der Waals surface area contributed by atoms with Gasteiger partial charge < -0.3 is 0 Å². The molecule has 0 unspecified atom stereocenters. The van der Waals surface area contributed by atoms with Gasteiger partial charge in [-0.15, -0.1) is 8.86 Å². The maximum Gasteiger partial charge on any atom is -0.0310 e. The molecule has 0 nitrogen and oxygen atoms in total. The number of hydrogen-bond acceptors (Lipinski definition) is 0. The molecule has 0 aliphatic carbocycles. The Morgan fingerprint density at radius 1 is 1.11 bits per heavy atom. The van der Waals surface area contributed by atoms with Crippen LogP contribution in [0.25, 0.3) is 0 Å². The molecule has 9 heavy (non-hydrogen) atoms. The second-order valence-electron chi connectivity index (χ2n) is 2.41. The van der Waals surface area contributed by atoms with E-state index in [1.165, 1.54) is 38.5 Å². The van der Waals surface area contributed by atoms with Crippen LogP contribution in [-0.4, -0.2) is 5.80 Å². The van der Waals surface area contributed by atoms with E-state index in [9.17, 15) is 0 Å². The molecule has 0 aliphatic rings.